The summed E-state index contributed by atoms with van der Waals surface area (Å²) in [5.74, 6) is -13.4. The molecule has 0 saturated carbocycles. The van der Waals surface area contributed by atoms with Crippen molar-refractivity contribution in [3.8, 4) is 22.8 Å². The van der Waals surface area contributed by atoms with Gasteiger partial charge in [0.15, 0.2) is 23.3 Å². The Bertz CT molecular complexity index is 1350. The van der Waals surface area contributed by atoms with E-state index in [1.54, 1.807) is 0 Å². The molecule has 2 N–H and O–H groups in total. The molecule has 1 heterocycles. The van der Waals surface area contributed by atoms with Gasteiger partial charge < -0.3 is 10.2 Å². The van der Waals surface area contributed by atoms with Crippen molar-refractivity contribution < 1.29 is 40.9 Å². The first-order valence-electron chi connectivity index (χ1n) is 9.00. The van der Waals surface area contributed by atoms with Crippen LogP contribution >= 0.6 is 0 Å². The van der Waals surface area contributed by atoms with Gasteiger partial charge in [-0.25, -0.2) is 22.0 Å². The van der Waals surface area contributed by atoms with Crippen molar-refractivity contribution in [1.82, 2.24) is 4.57 Å². The van der Waals surface area contributed by atoms with E-state index in [1.807, 2.05) is 0 Å². The van der Waals surface area contributed by atoms with Crippen LogP contribution in [0, 0.1) is 36.0 Å². The predicted octanol–water partition coefficient (Wildman–Crippen LogP) is 6.32. The standard InChI is InChI=1S/C22H12F7NO2/c1-9-13-8-12(32)6-7-14(13)30(21(9)10-2-4-11(31)5-3-10)22(28,29)15-16(23)18(25)20(27)19(26)17(15)24/h2-8,31-32H,1H3. The van der Waals surface area contributed by atoms with Gasteiger partial charge in [-0.1, -0.05) is 0 Å². The van der Waals surface area contributed by atoms with Gasteiger partial charge in [-0.15, -0.1) is 0 Å². The highest BCUT2D eigenvalue weighted by Gasteiger charge is 2.46. The molecule has 4 aromatic rings. The third kappa shape index (κ3) is 2.97. The predicted molar refractivity (Wildman–Crippen MR) is 101 cm³/mol. The quantitative estimate of drug-likeness (QED) is 0.216. The van der Waals surface area contributed by atoms with Crippen LogP contribution in [-0.4, -0.2) is 14.8 Å². The molecule has 0 aliphatic carbocycles. The second kappa shape index (κ2) is 7.18. The minimum atomic E-state index is -4.75. The Kier molecular flexibility index (Phi) is 4.83. The Labute approximate surface area is 175 Å². The Balaban J connectivity index is 2.16. The summed E-state index contributed by atoms with van der Waals surface area (Å²) in [4.78, 5) is 0. The molecule has 0 radical (unpaired) electrons. The fraction of sp³-hybridized carbons (Fsp3) is 0.0909. The summed E-state index contributed by atoms with van der Waals surface area (Å²) >= 11 is 0. The highest BCUT2D eigenvalue weighted by atomic mass is 19.3. The van der Waals surface area contributed by atoms with Crippen LogP contribution in [0.2, 0.25) is 0 Å². The summed E-state index contributed by atoms with van der Waals surface area (Å²) in [7, 11) is 0. The first-order chi connectivity index (χ1) is 15.0. The molecule has 1 aromatic heterocycles. The van der Waals surface area contributed by atoms with Crippen molar-refractivity contribution in [3.63, 3.8) is 0 Å². The molecule has 0 unspecified atom stereocenters. The third-order valence-corrected chi connectivity index (χ3v) is 5.14. The molecule has 0 fully saturated rings. The maximum absolute atomic E-state index is 15.7. The molecule has 0 spiro atoms. The highest BCUT2D eigenvalue weighted by molar-refractivity contribution is 5.93. The SMILES string of the molecule is Cc1c(-c2ccc(O)cc2)n(C(F)(F)c2c(F)c(F)c(F)c(F)c2F)c2ccc(O)cc12. The van der Waals surface area contributed by atoms with Crippen LogP contribution in [0.5, 0.6) is 11.5 Å². The van der Waals surface area contributed by atoms with E-state index >= 15 is 8.78 Å². The monoisotopic (exact) mass is 455 g/mol. The lowest BCUT2D eigenvalue weighted by Gasteiger charge is -2.24. The van der Waals surface area contributed by atoms with E-state index in [0.717, 1.165) is 18.2 Å². The number of alkyl halides is 2. The molecule has 0 bridgehead atoms. The summed E-state index contributed by atoms with van der Waals surface area (Å²) < 4.78 is 101. The smallest absolute Gasteiger partial charge is 0.362 e. The maximum Gasteiger partial charge on any atom is 0.362 e. The summed E-state index contributed by atoms with van der Waals surface area (Å²) in [6.07, 6.45) is 0. The van der Waals surface area contributed by atoms with E-state index in [4.69, 9.17) is 0 Å². The van der Waals surface area contributed by atoms with Crippen molar-refractivity contribution in [2.45, 2.75) is 13.0 Å². The second-order valence-corrected chi connectivity index (χ2v) is 7.04. The second-order valence-electron chi connectivity index (χ2n) is 7.04. The van der Waals surface area contributed by atoms with Gasteiger partial charge in [-0.05, 0) is 60.5 Å². The Morgan fingerprint density at radius 1 is 0.719 bits per heavy atom. The zero-order valence-corrected chi connectivity index (χ0v) is 16.0. The van der Waals surface area contributed by atoms with Crippen LogP contribution in [0.25, 0.3) is 22.2 Å². The van der Waals surface area contributed by atoms with E-state index in [1.165, 1.54) is 31.2 Å². The first kappa shape index (κ1) is 21.5. The molecule has 3 aromatic carbocycles. The Morgan fingerprint density at radius 3 is 1.78 bits per heavy atom. The lowest BCUT2D eigenvalue weighted by Crippen LogP contribution is -2.29. The maximum atomic E-state index is 15.7. The lowest BCUT2D eigenvalue weighted by molar-refractivity contribution is -0.0386. The van der Waals surface area contributed by atoms with Crippen molar-refractivity contribution in [2.75, 3.05) is 0 Å². The van der Waals surface area contributed by atoms with Crippen LogP contribution in [0.1, 0.15) is 11.1 Å². The van der Waals surface area contributed by atoms with Gasteiger partial charge in [0.1, 0.15) is 17.1 Å². The highest BCUT2D eigenvalue weighted by Crippen LogP contribution is 2.45. The number of aromatic nitrogens is 1. The molecule has 32 heavy (non-hydrogen) atoms. The molecule has 3 nitrogen and oxygen atoms in total. The van der Waals surface area contributed by atoms with Crippen molar-refractivity contribution in [2.24, 2.45) is 0 Å². The number of halogens is 7. The van der Waals surface area contributed by atoms with E-state index in [-0.39, 0.29) is 43.8 Å². The molecule has 0 aliphatic heterocycles. The van der Waals surface area contributed by atoms with E-state index in [0.29, 0.717) is 0 Å². The number of hydrogen-bond donors (Lipinski definition) is 2. The van der Waals surface area contributed by atoms with Crippen LogP contribution in [0.15, 0.2) is 42.5 Å². The molecule has 0 amide bonds. The number of aryl methyl sites for hydroxylation is 1. The Morgan fingerprint density at radius 2 is 1.22 bits per heavy atom. The Hall–Kier alpha value is -3.69. The van der Waals surface area contributed by atoms with E-state index in [9.17, 15) is 32.2 Å². The van der Waals surface area contributed by atoms with Gasteiger partial charge in [0, 0.05) is 5.39 Å². The van der Waals surface area contributed by atoms with E-state index in [2.05, 4.69) is 0 Å². The number of phenols is 2. The van der Waals surface area contributed by atoms with Gasteiger partial charge in [-0.3, -0.25) is 4.57 Å². The molecule has 0 saturated heterocycles. The summed E-state index contributed by atoms with van der Waals surface area (Å²) in [6, 6.07) is 3.26. The summed E-state index contributed by atoms with van der Waals surface area (Å²) in [5.41, 5.74) is -2.79. The zero-order chi connectivity index (χ0) is 23.5. The van der Waals surface area contributed by atoms with Gasteiger partial charge >= 0.3 is 6.05 Å². The largest absolute Gasteiger partial charge is 0.508 e. The molecule has 4 rings (SSSR count). The first-order valence-corrected chi connectivity index (χ1v) is 9.00. The average Bonchev–Trinajstić information content (AvgIpc) is 3.04. The summed E-state index contributed by atoms with van der Waals surface area (Å²) in [6.45, 7) is 1.38. The number of rotatable bonds is 3. The van der Waals surface area contributed by atoms with Gasteiger partial charge in [0.05, 0.1) is 11.2 Å². The summed E-state index contributed by atoms with van der Waals surface area (Å²) in [5, 5.41) is 19.3. The minimum Gasteiger partial charge on any atom is -0.508 e. The molecule has 0 atom stereocenters. The average molecular weight is 455 g/mol. The molecule has 10 heteroatoms. The third-order valence-electron chi connectivity index (χ3n) is 5.14. The minimum absolute atomic E-state index is 0.0524. The zero-order valence-electron chi connectivity index (χ0n) is 16.0. The van der Waals surface area contributed by atoms with Crippen LogP contribution in [0.4, 0.5) is 30.7 Å². The van der Waals surface area contributed by atoms with Crippen LogP contribution < -0.4 is 0 Å². The van der Waals surface area contributed by atoms with E-state index < -0.39 is 40.7 Å². The van der Waals surface area contributed by atoms with Gasteiger partial charge in [0.2, 0.25) is 5.82 Å². The molecule has 166 valence electrons. The van der Waals surface area contributed by atoms with Crippen LogP contribution in [0.3, 0.4) is 0 Å². The number of hydrogen-bond acceptors (Lipinski definition) is 2. The molecular weight excluding hydrogens is 443 g/mol. The topological polar surface area (TPSA) is 45.4 Å². The number of nitrogens with zero attached hydrogens (tertiary/aromatic N) is 1. The fourth-order valence-electron chi connectivity index (χ4n) is 3.67. The van der Waals surface area contributed by atoms with Gasteiger partial charge in [-0.2, -0.15) is 8.78 Å². The normalized spacial score (nSPS) is 12.0. The lowest BCUT2D eigenvalue weighted by atomic mass is 10.1. The number of aromatic hydroxyl groups is 2. The van der Waals surface area contributed by atoms with Crippen LogP contribution in [-0.2, 0) is 6.05 Å². The molecule has 0 aliphatic rings. The fourth-order valence-corrected chi connectivity index (χ4v) is 3.67. The van der Waals surface area contributed by atoms with Crippen molar-refractivity contribution in [3.05, 3.63) is 82.7 Å². The number of phenolic OH excluding ortho intramolecular Hbond substituents is 2. The van der Waals surface area contributed by atoms with Gasteiger partial charge in [0.25, 0.3) is 0 Å². The van der Waals surface area contributed by atoms with Crippen molar-refractivity contribution in [1.29, 1.82) is 0 Å². The number of benzene rings is 3. The van der Waals surface area contributed by atoms with Crippen molar-refractivity contribution >= 4 is 10.9 Å². The molecular formula is C22H12F7NO2. The number of fused-ring (bicyclic) bond motifs is 1.